The summed E-state index contributed by atoms with van der Waals surface area (Å²) in [6.45, 7) is 2.55. The summed E-state index contributed by atoms with van der Waals surface area (Å²) < 4.78 is 0. The lowest BCUT2D eigenvalue weighted by molar-refractivity contribution is -0.132. The minimum absolute atomic E-state index is 0.0325. The van der Waals surface area contributed by atoms with Gasteiger partial charge in [-0.1, -0.05) is 18.2 Å². The molecule has 0 radical (unpaired) electrons. The highest BCUT2D eigenvalue weighted by molar-refractivity contribution is 7.09. The maximum absolute atomic E-state index is 12.6. The fourth-order valence-corrected chi connectivity index (χ4v) is 3.35. The van der Waals surface area contributed by atoms with Crippen molar-refractivity contribution in [2.45, 2.75) is 19.4 Å². The maximum Gasteiger partial charge on any atom is 0.249 e. The first-order valence-corrected chi connectivity index (χ1v) is 8.67. The van der Waals surface area contributed by atoms with Crippen molar-refractivity contribution in [3.63, 3.8) is 0 Å². The van der Waals surface area contributed by atoms with Gasteiger partial charge >= 0.3 is 0 Å². The predicted octanol–water partition coefficient (Wildman–Crippen LogP) is 2.73. The van der Waals surface area contributed by atoms with Gasteiger partial charge in [-0.3, -0.25) is 9.59 Å². The number of amides is 2. The van der Waals surface area contributed by atoms with Gasteiger partial charge in [0.05, 0.1) is 10.7 Å². The highest BCUT2D eigenvalue weighted by Crippen LogP contribution is 2.23. The van der Waals surface area contributed by atoms with Crippen molar-refractivity contribution in [1.82, 2.24) is 9.88 Å². The van der Waals surface area contributed by atoms with Crippen molar-refractivity contribution < 1.29 is 9.59 Å². The molecule has 2 amide bonds. The summed E-state index contributed by atoms with van der Waals surface area (Å²) in [5.41, 5.74) is 1.64. The zero-order valence-electron chi connectivity index (χ0n) is 13.7. The number of rotatable bonds is 4. The summed E-state index contributed by atoms with van der Waals surface area (Å²) in [5, 5.41) is 2.86. The second kappa shape index (κ2) is 6.97. The molecule has 1 aromatic carbocycles. The van der Waals surface area contributed by atoms with Gasteiger partial charge in [0.2, 0.25) is 11.8 Å². The molecule has 124 valence electrons. The number of para-hydroxylation sites is 1. The second-order valence-electron chi connectivity index (χ2n) is 5.70. The van der Waals surface area contributed by atoms with Crippen LogP contribution in [-0.4, -0.2) is 41.3 Å². The Morgan fingerprint density at radius 1 is 1.38 bits per heavy atom. The first-order chi connectivity index (χ1) is 11.6. The fourth-order valence-electron chi connectivity index (χ4n) is 2.77. The number of carbonyl (C=O) groups excluding carboxylic acids is 2. The normalized spacial score (nSPS) is 17.7. The standard InChI is InChI=1S/C18H19N3O2S/c1-13-19-14(12-24-13)8-9-17(22)20(2)16-10-11-21(18(16)23)15-6-4-3-5-7-15/h3-9,12,16H,10-11H2,1-2H3. The third-order valence-corrected chi connectivity index (χ3v) is 4.89. The van der Waals surface area contributed by atoms with Gasteiger partial charge in [0, 0.05) is 30.7 Å². The van der Waals surface area contributed by atoms with E-state index < -0.39 is 6.04 Å². The monoisotopic (exact) mass is 341 g/mol. The number of hydrogen-bond acceptors (Lipinski definition) is 4. The molecule has 0 spiro atoms. The molecule has 0 bridgehead atoms. The van der Waals surface area contributed by atoms with Gasteiger partial charge < -0.3 is 9.80 Å². The van der Waals surface area contributed by atoms with E-state index in [1.807, 2.05) is 42.6 Å². The van der Waals surface area contributed by atoms with Gasteiger partial charge in [0.25, 0.3) is 0 Å². The van der Waals surface area contributed by atoms with Crippen LogP contribution in [0.5, 0.6) is 0 Å². The Hall–Kier alpha value is -2.47. The lowest BCUT2D eigenvalue weighted by Gasteiger charge is -2.23. The van der Waals surface area contributed by atoms with E-state index in [9.17, 15) is 9.59 Å². The van der Waals surface area contributed by atoms with E-state index >= 15 is 0 Å². The average molecular weight is 341 g/mol. The Balaban J connectivity index is 1.67. The molecular weight excluding hydrogens is 322 g/mol. The minimum Gasteiger partial charge on any atom is -0.330 e. The van der Waals surface area contributed by atoms with E-state index in [0.29, 0.717) is 13.0 Å². The van der Waals surface area contributed by atoms with E-state index in [0.717, 1.165) is 16.4 Å². The molecule has 0 saturated carbocycles. The molecule has 2 aromatic rings. The van der Waals surface area contributed by atoms with Crippen LogP contribution < -0.4 is 4.90 Å². The third kappa shape index (κ3) is 3.38. The molecule has 5 nitrogen and oxygen atoms in total. The van der Waals surface area contributed by atoms with Crippen molar-refractivity contribution in [2.75, 3.05) is 18.5 Å². The van der Waals surface area contributed by atoms with Crippen LogP contribution in [0.2, 0.25) is 0 Å². The number of carbonyl (C=O) groups is 2. The van der Waals surface area contributed by atoms with Crippen LogP contribution in [-0.2, 0) is 9.59 Å². The Morgan fingerprint density at radius 2 is 2.12 bits per heavy atom. The molecule has 1 unspecified atom stereocenters. The lowest BCUT2D eigenvalue weighted by Crippen LogP contribution is -2.42. The molecule has 0 N–H and O–H groups in total. The zero-order valence-corrected chi connectivity index (χ0v) is 14.5. The van der Waals surface area contributed by atoms with Crippen LogP contribution in [0.15, 0.2) is 41.8 Å². The third-order valence-electron chi connectivity index (χ3n) is 4.09. The van der Waals surface area contributed by atoms with Crippen LogP contribution in [0.3, 0.4) is 0 Å². The molecule has 1 saturated heterocycles. The van der Waals surface area contributed by atoms with Crippen LogP contribution in [0.1, 0.15) is 17.1 Å². The topological polar surface area (TPSA) is 53.5 Å². The fraction of sp³-hybridized carbons (Fsp3) is 0.278. The van der Waals surface area contributed by atoms with E-state index in [4.69, 9.17) is 0 Å². The molecule has 1 fully saturated rings. The number of anilines is 1. The number of benzene rings is 1. The molecular formula is C18H19N3O2S. The first kappa shape index (κ1) is 16.4. The van der Waals surface area contributed by atoms with E-state index in [2.05, 4.69) is 4.98 Å². The first-order valence-electron chi connectivity index (χ1n) is 7.79. The molecule has 0 aliphatic carbocycles. The number of aryl methyl sites for hydroxylation is 1. The van der Waals surface area contributed by atoms with Gasteiger partial charge in [-0.2, -0.15) is 0 Å². The number of likely N-dealkylation sites (N-methyl/N-ethyl adjacent to an activating group) is 1. The zero-order chi connectivity index (χ0) is 17.1. The summed E-state index contributed by atoms with van der Waals surface area (Å²) in [4.78, 5) is 32.5. The summed E-state index contributed by atoms with van der Waals surface area (Å²) in [7, 11) is 1.68. The molecule has 1 aliphatic heterocycles. The summed E-state index contributed by atoms with van der Waals surface area (Å²) in [6.07, 6.45) is 3.81. The van der Waals surface area contributed by atoms with Crippen molar-refractivity contribution in [1.29, 1.82) is 0 Å². The Kier molecular flexibility index (Phi) is 4.76. The van der Waals surface area contributed by atoms with Crippen molar-refractivity contribution in [3.8, 4) is 0 Å². The van der Waals surface area contributed by atoms with Crippen molar-refractivity contribution >= 4 is 34.9 Å². The number of hydrogen-bond donors (Lipinski definition) is 0. The highest BCUT2D eigenvalue weighted by atomic mass is 32.1. The van der Waals surface area contributed by atoms with E-state index in [1.165, 1.54) is 11.0 Å². The molecule has 2 heterocycles. The van der Waals surface area contributed by atoms with Crippen LogP contribution in [0, 0.1) is 6.92 Å². The molecule has 1 aliphatic rings. The van der Waals surface area contributed by atoms with Crippen molar-refractivity contribution in [2.24, 2.45) is 0 Å². The summed E-state index contributed by atoms with van der Waals surface area (Å²) in [6, 6.07) is 9.13. The van der Waals surface area contributed by atoms with Gasteiger partial charge in [-0.15, -0.1) is 11.3 Å². The van der Waals surface area contributed by atoms with Crippen molar-refractivity contribution in [3.05, 3.63) is 52.5 Å². The van der Waals surface area contributed by atoms with E-state index in [1.54, 1.807) is 29.4 Å². The Bertz CT molecular complexity index is 770. The number of thiazole rings is 1. The lowest BCUT2D eigenvalue weighted by atomic mass is 10.2. The number of aromatic nitrogens is 1. The van der Waals surface area contributed by atoms with Gasteiger partial charge in [-0.05, 0) is 31.6 Å². The highest BCUT2D eigenvalue weighted by Gasteiger charge is 2.36. The van der Waals surface area contributed by atoms with Crippen LogP contribution in [0.4, 0.5) is 5.69 Å². The average Bonchev–Trinajstić information content (AvgIpc) is 3.18. The number of nitrogens with zero attached hydrogens (tertiary/aromatic N) is 3. The Labute approximate surface area is 145 Å². The largest absolute Gasteiger partial charge is 0.330 e. The van der Waals surface area contributed by atoms with Crippen LogP contribution in [0.25, 0.3) is 6.08 Å². The van der Waals surface area contributed by atoms with Gasteiger partial charge in [0.15, 0.2) is 0 Å². The molecule has 1 aromatic heterocycles. The maximum atomic E-state index is 12.6. The second-order valence-corrected chi connectivity index (χ2v) is 6.77. The summed E-state index contributed by atoms with van der Waals surface area (Å²) in [5.74, 6) is -0.219. The van der Waals surface area contributed by atoms with Gasteiger partial charge in [-0.25, -0.2) is 4.98 Å². The smallest absolute Gasteiger partial charge is 0.249 e. The van der Waals surface area contributed by atoms with Gasteiger partial charge in [0.1, 0.15) is 6.04 Å². The quantitative estimate of drug-likeness (QED) is 0.804. The summed E-state index contributed by atoms with van der Waals surface area (Å²) >= 11 is 1.54. The predicted molar refractivity (Wildman–Crippen MR) is 95.9 cm³/mol. The van der Waals surface area contributed by atoms with Crippen LogP contribution >= 0.6 is 11.3 Å². The minimum atomic E-state index is -0.417. The molecule has 24 heavy (non-hydrogen) atoms. The molecule has 1 atom stereocenters. The molecule has 3 rings (SSSR count). The molecule has 6 heteroatoms. The van der Waals surface area contributed by atoms with E-state index in [-0.39, 0.29) is 11.8 Å². The Morgan fingerprint density at radius 3 is 2.79 bits per heavy atom. The SMILES string of the molecule is Cc1nc(C=CC(=O)N(C)C2CCN(c3ccccc3)C2=O)cs1.